The Balaban J connectivity index is 2.09. The summed E-state index contributed by atoms with van der Waals surface area (Å²) in [6, 6.07) is 7.30. The lowest BCUT2D eigenvalue weighted by atomic mass is 10.2. The van der Waals surface area contributed by atoms with Crippen molar-refractivity contribution < 1.29 is 9.32 Å². The molecule has 0 aliphatic heterocycles. The molecular weight excluding hydrogens is 310 g/mol. The lowest BCUT2D eigenvalue weighted by molar-refractivity contribution is 0.0768. The van der Waals surface area contributed by atoms with Gasteiger partial charge >= 0.3 is 0 Å². The minimum Gasteiger partial charge on any atom is -0.337 e. The third kappa shape index (κ3) is 3.20. The summed E-state index contributed by atoms with van der Waals surface area (Å²) in [6.45, 7) is 2.25. The van der Waals surface area contributed by atoms with Crippen LogP contribution in [0.15, 0.2) is 33.3 Å². The van der Waals surface area contributed by atoms with E-state index in [1.54, 1.807) is 18.0 Å². The molecule has 6 heteroatoms. The van der Waals surface area contributed by atoms with Gasteiger partial charge in [-0.2, -0.15) is 4.98 Å². The summed E-state index contributed by atoms with van der Waals surface area (Å²) in [5.41, 5.74) is 0.611. The SMILES string of the molecule is CCc1noc(CN(C)C(=O)c2ccccc2Br)n1. The third-order valence-electron chi connectivity index (χ3n) is 2.65. The Morgan fingerprint density at radius 3 is 2.79 bits per heavy atom. The molecule has 0 saturated heterocycles. The van der Waals surface area contributed by atoms with Gasteiger partial charge in [-0.25, -0.2) is 0 Å². The number of carbonyl (C=O) groups is 1. The molecule has 5 nitrogen and oxygen atoms in total. The first-order valence-corrected chi connectivity index (χ1v) is 6.72. The first-order chi connectivity index (χ1) is 9.11. The fourth-order valence-electron chi connectivity index (χ4n) is 1.61. The molecule has 0 unspecified atom stereocenters. The number of hydrogen-bond acceptors (Lipinski definition) is 4. The first kappa shape index (κ1) is 13.7. The van der Waals surface area contributed by atoms with E-state index in [-0.39, 0.29) is 5.91 Å². The maximum atomic E-state index is 12.3. The predicted molar refractivity (Wildman–Crippen MR) is 73.6 cm³/mol. The quantitative estimate of drug-likeness (QED) is 0.867. The average molecular weight is 324 g/mol. The molecule has 1 heterocycles. The largest absolute Gasteiger partial charge is 0.337 e. The number of amides is 1. The van der Waals surface area contributed by atoms with Crippen LogP contribution in [-0.2, 0) is 13.0 Å². The van der Waals surface area contributed by atoms with Crippen molar-refractivity contribution in [3.63, 3.8) is 0 Å². The molecule has 0 bridgehead atoms. The van der Waals surface area contributed by atoms with E-state index < -0.39 is 0 Å². The second kappa shape index (κ2) is 5.97. The van der Waals surface area contributed by atoms with E-state index in [1.807, 2.05) is 25.1 Å². The number of halogens is 1. The van der Waals surface area contributed by atoms with Crippen LogP contribution in [0.1, 0.15) is 29.0 Å². The number of rotatable bonds is 4. The molecule has 1 aromatic heterocycles. The number of carbonyl (C=O) groups excluding carboxylic acids is 1. The van der Waals surface area contributed by atoms with Gasteiger partial charge in [0.1, 0.15) is 0 Å². The van der Waals surface area contributed by atoms with Crippen LogP contribution in [0.3, 0.4) is 0 Å². The molecule has 100 valence electrons. The lowest BCUT2D eigenvalue weighted by Gasteiger charge is -2.15. The number of nitrogens with zero attached hydrogens (tertiary/aromatic N) is 3. The van der Waals surface area contributed by atoms with Crippen molar-refractivity contribution in [3.05, 3.63) is 46.0 Å². The number of aryl methyl sites for hydroxylation is 1. The Morgan fingerprint density at radius 1 is 1.42 bits per heavy atom. The second-order valence-electron chi connectivity index (χ2n) is 4.10. The average Bonchev–Trinajstić information content (AvgIpc) is 2.86. The highest BCUT2D eigenvalue weighted by Gasteiger charge is 2.17. The predicted octanol–water partition coefficient (Wildman–Crippen LogP) is 2.67. The summed E-state index contributed by atoms with van der Waals surface area (Å²) in [6.07, 6.45) is 0.714. The van der Waals surface area contributed by atoms with Crippen molar-refractivity contribution in [2.45, 2.75) is 19.9 Å². The molecule has 19 heavy (non-hydrogen) atoms. The van der Waals surface area contributed by atoms with Gasteiger partial charge in [0.2, 0.25) is 5.89 Å². The summed E-state index contributed by atoms with van der Waals surface area (Å²) >= 11 is 3.37. The normalized spacial score (nSPS) is 10.5. The van der Waals surface area contributed by atoms with Crippen molar-refractivity contribution in [2.24, 2.45) is 0 Å². The van der Waals surface area contributed by atoms with Crippen molar-refractivity contribution >= 4 is 21.8 Å². The molecule has 2 aromatic rings. The molecule has 0 spiro atoms. The molecule has 0 radical (unpaired) electrons. The number of hydrogen-bond donors (Lipinski definition) is 0. The zero-order valence-corrected chi connectivity index (χ0v) is 12.3. The summed E-state index contributed by atoms with van der Waals surface area (Å²) < 4.78 is 5.85. The number of aromatic nitrogens is 2. The van der Waals surface area contributed by atoms with E-state index in [9.17, 15) is 4.79 Å². The van der Waals surface area contributed by atoms with Gasteiger partial charge in [0.15, 0.2) is 5.82 Å². The summed E-state index contributed by atoms with van der Waals surface area (Å²) in [5.74, 6) is 1.00. The minimum absolute atomic E-state index is 0.0938. The Bertz CT molecular complexity index is 583. The van der Waals surface area contributed by atoms with Gasteiger partial charge in [-0.1, -0.05) is 24.2 Å². The van der Waals surface area contributed by atoms with Crippen molar-refractivity contribution in [1.29, 1.82) is 0 Å². The van der Waals surface area contributed by atoms with E-state index in [2.05, 4.69) is 26.1 Å². The van der Waals surface area contributed by atoms with Crippen LogP contribution in [0.2, 0.25) is 0 Å². The lowest BCUT2D eigenvalue weighted by Crippen LogP contribution is -2.26. The smallest absolute Gasteiger partial charge is 0.255 e. The Hall–Kier alpha value is -1.69. The fourth-order valence-corrected chi connectivity index (χ4v) is 2.07. The van der Waals surface area contributed by atoms with Crippen LogP contribution in [-0.4, -0.2) is 28.0 Å². The minimum atomic E-state index is -0.0938. The fraction of sp³-hybridized carbons (Fsp3) is 0.308. The van der Waals surface area contributed by atoms with Crippen LogP contribution >= 0.6 is 15.9 Å². The molecule has 0 N–H and O–H groups in total. The van der Waals surface area contributed by atoms with Gasteiger partial charge in [0.05, 0.1) is 12.1 Å². The van der Waals surface area contributed by atoms with Crippen LogP contribution in [0.4, 0.5) is 0 Å². The highest BCUT2D eigenvalue weighted by molar-refractivity contribution is 9.10. The molecule has 0 aliphatic rings. The van der Waals surface area contributed by atoms with E-state index in [1.165, 1.54) is 0 Å². The standard InChI is InChI=1S/C13H14BrN3O2/c1-3-11-15-12(19-16-11)8-17(2)13(18)9-6-4-5-7-10(9)14/h4-7H,3,8H2,1-2H3. The van der Waals surface area contributed by atoms with Gasteiger partial charge in [-0.15, -0.1) is 0 Å². The maximum Gasteiger partial charge on any atom is 0.255 e. The Labute approximate surface area is 119 Å². The topological polar surface area (TPSA) is 59.2 Å². The molecule has 0 aliphatic carbocycles. The molecule has 0 fully saturated rings. The molecule has 1 amide bonds. The van der Waals surface area contributed by atoms with Gasteiger partial charge in [0.25, 0.3) is 5.91 Å². The van der Waals surface area contributed by atoms with Crippen LogP contribution in [0.5, 0.6) is 0 Å². The second-order valence-corrected chi connectivity index (χ2v) is 4.95. The molecule has 2 rings (SSSR count). The van der Waals surface area contributed by atoms with E-state index in [0.29, 0.717) is 30.2 Å². The molecular formula is C13H14BrN3O2. The van der Waals surface area contributed by atoms with Gasteiger partial charge in [-0.05, 0) is 28.1 Å². The summed E-state index contributed by atoms with van der Waals surface area (Å²) in [5, 5.41) is 3.80. The summed E-state index contributed by atoms with van der Waals surface area (Å²) in [4.78, 5) is 18.0. The first-order valence-electron chi connectivity index (χ1n) is 5.93. The molecule has 1 aromatic carbocycles. The number of benzene rings is 1. The molecule has 0 atom stereocenters. The highest BCUT2D eigenvalue weighted by atomic mass is 79.9. The van der Waals surface area contributed by atoms with E-state index in [0.717, 1.165) is 4.47 Å². The third-order valence-corrected chi connectivity index (χ3v) is 3.34. The van der Waals surface area contributed by atoms with Gasteiger partial charge in [-0.3, -0.25) is 4.79 Å². The summed E-state index contributed by atoms with van der Waals surface area (Å²) in [7, 11) is 1.71. The van der Waals surface area contributed by atoms with E-state index >= 15 is 0 Å². The molecule has 0 saturated carbocycles. The zero-order valence-electron chi connectivity index (χ0n) is 10.8. The van der Waals surface area contributed by atoms with Crippen molar-refractivity contribution in [1.82, 2.24) is 15.0 Å². The Kier molecular flexibility index (Phi) is 4.31. The van der Waals surface area contributed by atoms with Crippen molar-refractivity contribution in [3.8, 4) is 0 Å². The zero-order chi connectivity index (χ0) is 13.8. The van der Waals surface area contributed by atoms with Gasteiger partial charge in [0, 0.05) is 17.9 Å². The Morgan fingerprint density at radius 2 is 2.16 bits per heavy atom. The highest BCUT2D eigenvalue weighted by Crippen LogP contribution is 2.18. The van der Waals surface area contributed by atoms with E-state index in [4.69, 9.17) is 4.52 Å². The monoisotopic (exact) mass is 323 g/mol. The maximum absolute atomic E-state index is 12.3. The van der Waals surface area contributed by atoms with Crippen LogP contribution in [0.25, 0.3) is 0 Å². The van der Waals surface area contributed by atoms with Crippen molar-refractivity contribution in [2.75, 3.05) is 7.05 Å². The van der Waals surface area contributed by atoms with Gasteiger partial charge < -0.3 is 9.42 Å². The van der Waals surface area contributed by atoms with Crippen LogP contribution in [0, 0.1) is 0 Å². The van der Waals surface area contributed by atoms with Crippen LogP contribution < -0.4 is 0 Å².